The number of anilines is 1. The topological polar surface area (TPSA) is 97.3 Å². The highest BCUT2D eigenvalue weighted by Crippen LogP contribution is 2.35. The number of carbonyl (C=O) groups excluding carboxylic acids is 3. The Hall–Kier alpha value is -4.11. The molecule has 0 aromatic heterocycles. The average Bonchev–Trinajstić information content (AvgIpc) is 2.95. The zero-order valence-electron chi connectivity index (χ0n) is 23.9. The highest BCUT2D eigenvalue weighted by atomic mass is 32.2. The molecular weight excluding hydrogens is 538 g/mol. The number of hydrogen-bond donors (Lipinski definition) is 1. The number of hydrazone groups is 1. The van der Waals surface area contributed by atoms with E-state index in [2.05, 4.69) is 10.4 Å². The number of benzene rings is 3. The third kappa shape index (κ3) is 7.55. The van der Waals surface area contributed by atoms with Gasteiger partial charge in [0.1, 0.15) is 4.75 Å². The molecule has 9 heteroatoms. The van der Waals surface area contributed by atoms with Crippen LogP contribution < -0.4 is 5.32 Å². The summed E-state index contributed by atoms with van der Waals surface area (Å²) >= 11 is 1.37. The Bertz CT molecular complexity index is 1420. The number of nitrogens with zero attached hydrogens (tertiary/aromatic N) is 2. The minimum atomic E-state index is -0.764. The van der Waals surface area contributed by atoms with E-state index in [9.17, 15) is 14.4 Å². The van der Waals surface area contributed by atoms with E-state index in [1.807, 2.05) is 92.7 Å². The molecule has 4 rings (SSSR count). The zero-order chi connectivity index (χ0) is 29.6. The Labute approximate surface area is 245 Å². The number of amides is 2. The fourth-order valence-corrected chi connectivity index (χ4v) is 5.61. The molecule has 0 bridgehead atoms. The lowest BCUT2D eigenvalue weighted by atomic mass is 9.87. The molecule has 3 aromatic carbocycles. The standard InChI is InChI=1S/C32H35N3O5S/c1-21(2)28(29(37)33-25-12-9-13-26(18-25)41-32(3,4)31(38)39-5)23-16-14-22(15-17-23)19-35-27(36)20-40-30(34-35)24-10-7-6-8-11-24/h6-18,21,28H,19-20H2,1-5H3,(H,33,37). The van der Waals surface area contributed by atoms with Crippen LogP contribution in [0.1, 0.15) is 50.3 Å². The van der Waals surface area contributed by atoms with Crippen LogP contribution in [0.3, 0.4) is 0 Å². The van der Waals surface area contributed by atoms with Gasteiger partial charge in [-0.15, -0.1) is 16.9 Å². The number of esters is 1. The Morgan fingerprint density at radius 1 is 1.05 bits per heavy atom. The summed E-state index contributed by atoms with van der Waals surface area (Å²) in [6.45, 7) is 7.85. The van der Waals surface area contributed by atoms with Gasteiger partial charge >= 0.3 is 5.97 Å². The number of carbonyl (C=O) groups is 3. The molecule has 1 atom stereocenters. The minimum Gasteiger partial charge on any atom is -0.468 e. The maximum absolute atomic E-state index is 13.4. The van der Waals surface area contributed by atoms with Crippen LogP contribution >= 0.6 is 11.8 Å². The van der Waals surface area contributed by atoms with Crippen LogP contribution in [0.4, 0.5) is 5.69 Å². The summed E-state index contributed by atoms with van der Waals surface area (Å²) in [6.07, 6.45) is 0. The Kier molecular flexibility index (Phi) is 9.50. The molecule has 0 aliphatic carbocycles. The molecular formula is C32H35N3O5S. The molecule has 0 fully saturated rings. The van der Waals surface area contributed by atoms with Gasteiger partial charge in [0, 0.05) is 16.1 Å². The second kappa shape index (κ2) is 13.0. The van der Waals surface area contributed by atoms with Crippen molar-refractivity contribution in [1.29, 1.82) is 0 Å². The first-order valence-electron chi connectivity index (χ1n) is 13.4. The van der Waals surface area contributed by atoms with E-state index in [4.69, 9.17) is 9.47 Å². The van der Waals surface area contributed by atoms with Crippen LogP contribution in [0, 0.1) is 5.92 Å². The van der Waals surface area contributed by atoms with Crippen LogP contribution in [0.25, 0.3) is 0 Å². The van der Waals surface area contributed by atoms with Crippen molar-refractivity contribution in [3.63, 3.8) is 0 Å². The first-order valence-corrected chi connectivity index (χ1v) is 14.2. The van der Waals surface area contributed by atoms with Gasteiger partial charge in [-0.1, -0.05) is 62.4 Å². The van der Waals surface area contributed by atoms with Crippen molar-refractivity contribution in [3.8, 4) is 0 Å². The SMILES string of the molecule is COC(=O)C(C)(C)Sc1cccc(NC(=O)C(c2ccc(CN3N=C(c4ccccc4)OCC3=O)cc2)C(C)C)c1. The number of ether oxygens (including phenoxy) is 2. The van der Waals surface area contributed by atoms with Gasteiger partial charge in [-0.25, -0.2) is 5.01 Å². The smallest absolute Gasteiger partial charge is 0.321 e. The Balaban J connectivity index is 1.45. The van der Waals surface area contributed by atoms with Gasteiger partial charge in [-0.2, -0.15) is 0 Å². The van der Waals surface area contributed by atoms with Crippen molar-refractivity contribution >= 4 is 41.1 Å². The maximum atomic E-state index is 13.4. The number of thioether (sulfide) groups is 1. The Morgan fingerprint density at radius 3 is 2.41 bits per heavy atom. The molecule has 2 amide bonds. The van der Waals surface area contributed by atoms with Crippen molar-refractivity contribution < 1.29 is 23.9 Å². The first-order chi connectivity index (χ1) is 19.6. The molecule has 1 aliphatic heterocycles. The molecule has 0 radical (unpaired) electrons. The summed E-state index contributed by atoms with van der Waals surface area (Å²) in [6, 6.07) is 24.6. The minimum absolute atomic E-state index is 0.0375. The van der Waals surface area contributed by atoms with Gasteiger partial charge in [0.2, 0.25) is 11.8 Å². The highest BCUT2D eigenvalue weighted by molar-refractivity contribution is 8.01. The van der Waals surface area contributed by atoms with Crippen LogP contribution in [-0.4, -0.2) is 47.2 Å². The fourth-order valence-electron chi connectivity index (χ4n) is 4.53. The lowest BCUT2D eigenvalue weighted by molar-refractivity contribution is -0.142. The molecule has 1 unspecified atom stereocenters. The molecule has 0 saturated carbocycles. The van der Waals surface area contributed by atoms with E-state index < -0.39 is 4.75 Å². The second-order valence-corrected chi connectivity index (χ2v) is 12.3. The first kappa shape index (κ1) is 29.9. The largest absolute Gasteiger partial charge is 0.468 e. The van der Waals surface area contributed by atoms with Crippen LogP contribution in [0.2, 0.25) is 0 Å². The molecule has 1 aliphatic rings. The second-order valence-electron chi connectivity index (χ2n) is 10.6. The predicted octanol–water partition coefficient (Wildman–Crippen LogP) is 5.83. The molecule has 0 saturated heterocycles. The summed E-state index contributed by atoms with van der Waals surface area (Å²) in [5.41, 5.74) is 3.23. The van der Waals surface area contributed by atoms with Gasteiger partial charge < -0.3 is 14.8 Å². The zero-order valence-corrected chi connectivity index (χ0v) is 24.7. The number of methoxy groups -OCH3 is 1. The average molecular weight is 574 g/mol. The maximum Gasteiger partial charge on any atom is 0.321 e. The van der Waals surface area contributed by atoms with E-state index in [0.717, 1.165) is 21.6 Å². The highest BCUT2D eigenvalue weighted by Gasteiger charge is 2.30. The van der Waals surface area contributed by atoms with E-state index in [0.29, 0.717) is 18.1 Å². The predicted molar refractivity (Wildman–Crippen MR) is 161 cm³/mol. The van der Waals surface area contributed by atoms with E-state index >= 15 is 0 Å². The Morgan fingerprint density at radius 2 is 1.76 bits per heavy atom. The van der Waals surface area contributed by atoms with Crippen molar-refractivity contribution in [3.05, 3.63) is 95.6 Å². The lowest BCUT2D eigenvalue weighted by Gasteiger charge is -2.24. The summed E-state index contributed by atoms with van der Waals surface area (Å²) in [4.78, 5) is 38.9. The van der Waals surface area contributed by atoms with E-state index in [-0.39, 0.29) is 36.2 Å². The molecule has 1 N–H and O–H groups in total. The van der Waals surface area contributed by atoms with Crippen molar-refractivity contribution in [2.45, 2.75) is 49.8 Å². The van der Waals surface area contributed by atoms with Gasteiger partial charge in [0.05, 0.1) is 19.6 Å². The normalized spacial score (nSPS) is 14.2. The molecule has 8 nitrogen and oxygen atoms in total. The van der Waals surface area contributed by atoms with E-state index in [1.54, 1.807) is 13.8 Å². The lowest BCUT2D eigenvalue weighted by Crippen LogP contribution is -2.36. The van der Waals surface area contributed by atoms with Crippen LogP contribution in [0.15, 0.2) is 88.9 Å². The summed E-state index contributed by atoms with van der Waals surface area (Å²) in [7, 11) is 1.37. The molecule has 0 spiro atoms. The van der Waals surface area contributed by atoms with Gasteiger partial charge in [-0.05, 0) is 61.2 Å². The van der Waals surface area contributed by atoms with E-state index in [1.165, 1.54) is 23.9 Å². The third-order valence-corrected chi connectivity index (χ3v) is 7.79. The van der Waals surface area contributed by atoms with Crippen molar-refractivity contribution in [2.24, 2.45) is 11.0 Å². The monoisotopic (exact) mass is 573 g/mol. The number of nitrogens with one attached hydrogen (secondary N) is 1. The summed E-state index contributed by atoms with van der Waals surface area (Å²) < 4.78 is 9.68. The molecule has 41 heavy (non-hydrogen) atoms. The van der Waals surface area contributed by atoms with Gasteiger partial charge in [0.25, 0.3) is 5.91 Å². The molecule has 214 valence electrons. The van der Waals surface area contributed by atoms with Gasteiger partial charge in [0.15, 0.2) is 6.61 Å². The third-order valence-electron chi connectivity index (χ3n) is 6.62. The van der Waals surface area contributed by atoms with Crippen molar-refractivity contribution in [1.82, 2.24) is 5.01 Å². The summed E-state index contributed by atoms with van der Waals surface area (Å²) in [5.74, 6) is -0.599. The molecule has 1 heterocycles. The quantitative estimate of drug-likeness (QED) is 0.242. The number of rotatable bonds is 10. The van der Waals surface area contributed by atoms with Gasteiger partial charge in [-0.3, -0.25) is 14.4 Å². The van der Waals surface area contributed by atoms with Crippen LogP contribution in [-0.2, 0) is 30.4 Å². The number of hydrogen-bond acceptors (Lipinski definition) is 7. The molecule has 3 aromatic rings. The van der Waals surface area contributed by atoms with Crippen molar-refractivity contribution in [2.75, 3.05) is 19.0 Å². The summed E-state index contributed by atoms with van der Waals surface area (Å²) in [5, 5.41) is 8.88. The van der Waals surface area contributed by atoms with Crippen LogP contribution in [0.5, 0.6) is 0 Å². The fraction of sp³-hybridized carbons (Fsp3) is 0.312.